The van der Waals surface area contributed by atoms with Gasteiger partial charge in [-0.1, -0.05) is 18.2 Å². The van der Waals surface area contributed by atoms with Crippen molar-refractivity contribution in [2.24, 2.45) is 0 Å². The number of hydrogen-bond acceptors (Lipinski definition) is 3. The van der Waals surface area contributed by atoms with E-state index in [-0.39, 0.29) is 5.91 Å². The summed E-state index contributed by atoms with van der Waals surface area (Å²) in [5, 5.41) is 8.88. The molecule has 2 aromatic rings. The lowest BCUT2D eigenvalue weighted by Crippen LogP contribution is -2.42. The van der Waals surface area contributed by atoms with E-state index in [2.05, 4.69) is 17.6 Å². The van der Waals surface area contributed by atoms with E-state index in [1.165, 1.54) is 0 Å². The molecular formula is C16H14N4O. The lowest BCUT2D eigenvalue weighted by molar-refractivity contribution is -0.135. The third-order valence-corrected chi connectivity index (χ3v) is 3.63. The molecule has 3 rings (SSSR count). The van der Waals surface area contributed by atoms with E-state index in [0.717, 1.165) is 11.3 Å². The Hall–Kier alpha value is -2.87. The molecular weight excluding hydrogens is 264 g/mol. The second-order valence-electron chi connectivity index (χ2n) is 4.94. The number of hydrogen-bond donors (Lipinski definition) is 0. The van der Waals surface area contributed by atoms with Gasteiger partial charge >= 0.3 is 0 Å². The highest BCUT2D eigenvalue weighted by atomic mass is 16.2. The fraction of sp³-hybridized carbons (Fsp3) is 0.188. The molecule has 1 aromatic heterocycles. The average molecular weight is 278 g/mol. The number of benzene rings is 1. The molecule has 2 heterocycles. The molecule has 0 spiro atoms. The third kappa shape index (κ3) is 2.21. The maximum atomic E-state index is 12.7. The fourth-order valence-corrected chi connectivity index (χ4v) is 2.61. The van der Waals surface area contributed by atoms with Gasteiger partial charge in [0.05, 0.1) is 30.2 Å². The number of fused-ring (bicyclic) bond motifs is 1. The fourth-order valence-electron chi connectivity index (χ4n) is 2.61. The van der Waals surface area contributed by atoms with Crippen LogP contribution in [0.2, 0.25) is 0 Å². The quantitative estimate of drug-likeness (QED) is 0.805. The van der Waals surface area contributed by atoms with Gasteiger partial charge in [0.25, 0.3) is 5.91 Å². The smallest absolute Gasteiger partial charge is 0.250 e. The summed E-state index contributed by atoms with van der Waals surface area (Å²) >= 11 is 0. The summed E-state index contributed by atoms with van der Waals surface area (Å²) in [5.74, 6) is 0.0186. The number of carbonyl (C=O) groups excluding carboxylic acids is 1. The van der Waals surface area contributed by atoms with Gasteiger partial charge in [-0.3, -0.25) is 4.79 Å². The lowest BCUT2D eigenvalue weighted by Gasteiger charge is -2.33. The highest BCUT2D eigenvalue weighted by Gasteiger charge is 2.33. The van der Waals surface area contributed by atoms with Gasteiger partial charge in [-0.25, -0.2) is 4.98 Å². The normalized spacial score (nSPS) is 17.2. The maximum absolute atomic E-state index is 12.7. The van der Waals surface area contributed by atoms with Crippen LogP contribution in [0.3, 0.4) is 0 Å². The van der Waals surface area contributed by atoms with Crippen molar-refractivity contribution in [1.82, 2.24) is 14.5 Å². The van der Waals surface area contributed by atoms with E-state index in [1.54, 1.807) is 35.6 Å². The summed E-state index contributed by atoms with van der Waals surface area (Å²) in [7, 11) is 0. The first-order valence-corrected chi connectivity index (χ1v) is 6.65. The van der Waals surface area contributed by atoms with Crippen molar-refractivity contribution >= 4 is 5.91 Å². The van der Waals surface area contributed by atoms with Gasteiger partial charge in [0.15, 0.2) is 0 Å². The van der Waals surface area contributed by atoms with Gasteiger partial charge < -0.3 is 9.47 Å². The molecule has 1 aliphatic rings. The summed E-state index contributed by atoms with van der Waals surface area (Å²) in [6, 6.07) is 8.76. The van der Waals surface area contributed by atoms with Crippen molar-refractivity contribution < 1.29 is 4.79 Å². The van der Waals surface area contributed by atoms with Crippen LogP contribution in [-0.4, -0.2) is 26.9 Å². The molecule has 0 saturated heterocycles. The molecule has 1 amide bonds. The van der Waals surface area contributed by atoms with Crippen LogP contribution in [-0.2, 0) is 11.3 Å². The van der Waals surface area contributed by atoms with Gasteiger partial charge in [-0.05, 0) is 17.7 Å². The zero-order valence-corrected chi connectivity index (χ0v) is 11.4. The highest BCUT2D eigenvalue weighted by Crippen LogP contribution is 2.28. The molecule has 0 aliphatic carbocycles. The van der Waals surface area contributed by atoms with E-state index in [4.69, 9.17) is 5.26 Å². The second kappa shape index (κ2) is 5.25. The van der Waals surface area contributed by atoms with Crippen molar-refractivity contribution in [3.63, 3.8) is 0 Å². The van der Waals surface area contributed by atoms with Gasteiger partial charge in [0.2, 0.25) is 0 Å². The third-order valence-electron chi connectivity index (χ3n) is 3.63. The van der Waals surface area contributed by atoms with Crippen LogP contribution in [0.5, 0.6) is 0 Å². The zero-order chi connectivity index (χ0) is 14.8. The van der Waals surface area contributed by atoms with Crippen molar-refractivity contribution in [3.05, 3.63) is 66.3 Å². The van der Waals surface area contributed by atoms with Crippen LogP contribution in [0.1, 0.15) is 22.9 Å². The maximum Gasteiger partial charge on any atom is 0.250 e. The molecule has 1 aromatic carbocycles. The highest BCUT2D eigenvalue weighted by molar-refractivity contribution is 5.85. The number of nitrogens with zero attached hydrogens (tertiary/aromatic N) is 4. The van der Waals surface area contributed by atoms with Gasteiger partial charge in [-0.2, -0.15) is 5.26 Å². The van der Waals surface area contributed by atoms with E-state index in [9.17, 15) is 4.79 Å². The van der Waals surface area contributed by atoms with E-state index in [0.29, 0.717) is 18.7 Å². The Morgan fingerprint density at radius 2 is 2.19 bits per heavy atom. The van der Waals surface area contributed by atoms with Crippen molar-refractivity contribution in [1.29, 1.82) is 5.26 Å². The molecule has 1 unspecified atom stereocenters. The molecule has 0 saturated carbocycles. The summed E-state index contributed by atoms with van der Waals surface area (Å²) in [5.41, 5.74) is 2.42. The Balaban J connectivity index is 2.04. The molecule has 0 radical (unpaired) electrons. The topological polar surface area (TPSA) is 61.9 Å². The van der Waals surface area contributed by atoms with E-state index >= 15 is 0 Å². The minimum Gasteiger partial charge on any atom is -0.331 e. The average Bonchev–Trinajstić information content (AvgIpc) is 2.96. The number of nitriles is 1. The van der Waals surface area contributed by atoms with Gasteiger partial charge in [-0.15, -0.1) is 6.58 Å². The predicted molar refractivity (Wildman–Crippen MR) is 77.1 cm³/mol. The Kier molecular flexibility index (Phi) is 3.28. The molecule has 1 aliphatic heterocycles. The summed E-state index contributed by atoms with van der Waals surface area (Å²) in [4.78, 5) is 18.6. The van der Waals surface area contributed by atoms with Gasteiger partial charge in [0.1, 0.15) is 6.04 Å². The minimum absolute atomic E-state index is 0.0186. The van der Waals surface area contributed by atoms with Crippen LogP contribution in [0, 0.1) is 11.3 Å². The van der Waals surface area contributed by atoms with E-state index in [1.807, 2.05) is 16.7 Å². The van der Waals surface area contributed by atoms with Crippen molar-refractivity contribution in [3.8, 4) is 6.07 Å². The number of amides is 1. The summed E-state index contributed by atoms with van der Waals surface area (Å²) in [6.45, 7) is 4.75. The predicted octanol–water partition coefficient (Wildman–Crippen LogP) is 1.87. The standard InChI is InChI=1S/C16H14N4O/c1-2-7-19-10-14-9-18-11-20(14)15(16(19)21)13-5-3-12(8-17)4-6-13/h2-6,9,11,15H,1,7,10H2. The molecule has 0 N–H and O–H groups in total. The van der Waals surface area contributed by atoms with Crippen LogP contribution in [0.15, 0.2) is 49.4 Å². The first-order valence-electron chi connectivity index (χ1n) is 6.65. The first-order chi connectivity index (χ1) is 10.2. The molecule has 104 valence electrons. The SMILES string of the molecule is C=CCN1Cc2cncn2C(c2ccc(C#N)cc2)C1=O. The number of aromatic nitrogens is 2. The van der Waals surface area contributed by atoms with Gasteiger partial charge in [0, 0.05) is 12.7 Å². The molecule has 5 heteroatoms. The zero-order valence-electron chi connectivity index (χ0n) is 11.4. The largest absolute Gasteiger partial charge is 0.331 e. The summed E-state index contributed by atoms with van der Waals surface area (Å²) in [6.07, 6.45) is 5.18. The van der Waals surface area contributed by atoms with Crippen LogP contribution in [0.25, 0.3) is 0 Å². The first kappa shape index (κ1) is 13.1. The Bertz CT molecular complexity index is 723. The van der Waals surface area contributed by atoms with Crippen LogP contribution >= 0.6 is 0 Å². The number of imidazole rings is 1. The number of carbonyl (C=O) groups is 1. The molecule has 5 nitrogen and oxygen atoms in total. The Morgan fingerprint density at radius 3 is 2.86 bits per heavy atom. The molecule has 21 heavy (non-hydrogen) atoms. The molecule has 0 fully saturated rings. The van der Waals surface area contributed by atoms with Crippen LogP contribution < -0.4 is 0 Å². The Labute approximate surface area is 122 Å². The second-order valence-corrected chi connectivity index (χ2v) is 4.94. The lowest BCUT2D eigenvalue weighted by atomic mass is 10.0. The summed E-state index contributed by atoms with van der Waals surface area (Å²) < 4.78 is 1.89. The van der Waals surface area contributed by atoms with Crippen molar-refractivity contribution in [2.45, 2.75) is 12.6 Å². The number of rotatable bonds is 3. The van der Waals surface area contributed by atoms with Crippen LogP contribution in [0.4, 0.5) is 0 Å². The molecule has 0 bridgehead atoms. The molecule has 1 atom stereocenters. The monoisotopic (exact) mass is 278 g/mol. The minimum atomic E-state index is -0.427. The Morgan fingerprint density at radius 1 is 1.43 bits per heavy atom. The van der Waals surface area contributed by atoms with Crippen molar-refractivity contribution in [2.75, 3.05) is 6.54 Å². The van der Waals surface area contributed by atoms with E-state index < -0.39 is 6.04 Å².